The maximum atomic E-state index is 11.0. The molecule has 0 fully saturated rings. The molecule has 2 heterocycles. The minimum atomic E-state index is -0.103. The molecule has 0 radical (unpaired) electrons. The smallest absolute Gasteiger partial charge is 0.404 e. The van der Waals surface area contributed by atoms with Gasteiger partial charge in [0.05, 0.1) is 18.8 Å². The first-order valence-electron chi connectivity index (χ1n) is 7.36. The molecule has 24 heavy (non-hydrogen) atoms. The molecule has 128 valence electrons. The van der Waals surface area contributed by atoms with Crippen LogP contribution < -0.4 is 16.5 Å². The highest BCUT2D eigenvalue weighted by molar-refractivity contribution is 7.98. The Morgan fingerprint density at radius 3 is 3.00 bits per heavy atom. The fourth-order valence-electron chi connectivity index (χ4n) is 1.82. The number of carbonyl (C=O) groups excluding carboxylic acids is 1. The third kappa shape index (κ3) is 5.27. The van der Waals surface area contributed by atoms with Gasteiger partial charge in [0.1, 0.15) is 12.0 Å². The van der Waals surface area contributed by atoms with Gasteiger partial charge in [0, 0.05) is 12.7 Å². The number of amides is 1. The molecule has 4 N–H and O–H groups in total. The summed E-state index contributed by atoms with van der Waals surface area (Å²) in [5.41, 5.74) is 1.96. The molecule has 0 bridgehead atoms. The van der Waals surface area contributed by atoms with Crippen molar-refractivity contribution < 1.29 is 13.9 Å². The lowest BCUT2D eigenvalue weighted by atomic mass is 10.2. The number of thioether (sulfide) groups is 1. The predicted octanol–water partition coefficient (Wildman–Crippen LogP) is 0.871. The SMILES string of the molecule is CSCCNC=[N+](N)c1nc(-c2cccc(CNC(C)=O)n2)co1. The summed E-state index contributed by atoms with van der Waals surface area (Å²) >= 11 is 1.74. The number of hydrogen-bond donors (Lipinski definition) is 3. The van der Waals surface area contributed by atoms with Gasteiger partial charge < -0.3 is 15.1 Å². The Labute approximate surface area is 144 Å². The van der Waals surface area contributed by atoms with Crippen LogP contribution in [0, 0.1) is 0 Å². The number of hydrogen-bond acceptors (Lipinski definition) is 6. The van der Waals surface area contributed by atoms with E-state index in [1.54, 1.807) is 18.1 Å². The molecule has 0 aliphatic heterocycles. The first-order chi connectivity index (χ1) is 11.6. The molecule has 0 spiro atoms. The van der Waals surface area contributed by atoms with Gasteiger partial charge in [-0.05, 0) is 18.4 Å². The maximum Gasteiger partial charge on any atom is 0.461 e. The molecule has 0 atom stereocenters. The molecular formula is C15H21N6O2S+. The molecule has 0 aromatic carbocycles. The minimum Gasteiger partial charge on any atom is -0.404 e. The first kappa shape index (κ1) is 17.8. The zero-order valence-corrected chi connectivity index (χ0v) is 14.5. The van der Waals surface area contributed by atoms with Crippen molar-refractivity contribution in [2.75, 3.05) is 18.6 Å². The number of oxazole rings is 1. The zero-order chi connectivity index (χ0) is 17.4. The second-order valence-electron chi connectivity index (χ2n) is 4.92. The second-order valence-corrected chi connectivity index (χ2v) is 5.91. The van der Waals surface area contributed by atoms with Gasteiger partial charge in [0.2, 0.25) is 17.9 Å². The van der Waals surface area contributed by atoms with E-state index in [-0.39, 0.29) is 11.9 Å². The van der Waals surface area contributed by atoms with Gasteiger partial charge in [-0.15, -0.1) is 4.68 Å². The van der Waals surface area contributed by atoms with Crippen LogP contribution in [0.4, 0.5) is 6.01 Å². The van der Waals surface area contributed by atoms with Gasteiger partial charge in [-0.2, -0.15) is 11.8 Å². The van der Waals surface area contributed by atoms with Gasteiger partial charge in [-0.25, -0.2) is 4.98 Å². The van der Waals surface area contributed by atoms with Crippen molar-refractivity contribution in [1.82, 2.24) is 20.6 Å². The number of nitrogens with one attached hydrogen (secondary N) is 2. The predicted molar refractivity (Wildman–Crippen MR) is 93.8 cm³/mol. The summed E-state index contributed by atoms with van der Waals surface area (Å²) in [7, 11) is 0. The summed E-state index contributed by atoms with van der Waals surface area (Å²) in [5, 5.41) is 5.78. The summed E-state index contributed by atoms with van der Waals surface area (Å²) in [4.78, 5) is 19.8. The lowest BCUT2D eigenvalue weighted by molar-refractivity contribution is -0.468. The van der Waals surface area contributed by atoms with Crippen molar-refractivity contribution in [3.05, 3.63) is 30.2 Å². The lowest BCUT2D eigenvalue weighted by Crippen LogP contribution is -2.26. The van der Waals surface area contributed by atoms with E-state index in [2.05, 4.69) is 20.6 Å². The van der Waals surface area contributed by atoms with E-state index in [0.29, 0.717) is 17.9 Å². The Balaban J connectivity index is 2.07. The largest absolute Gasteiger partial charge is 0.461 e. The Morgan fingerprint density at radius 2 is 2.25 bits per heavy atom. The molecule has 1 amide bonds. The highest BCUT2D eigenvalue weighted by Gasteiger charge is 2.16. The molecule has 2 aromatic rings. The molecule has 9 heteroatoms. The van der Waals surface area contributed by atoms with Gasteiger partial charge in [0.25, 0.3) is 0 Å². The van der Waals surface area contributed by atoms with E-state index in [1.165, 1.54) is 17.9 Å². The first-order valence-corrected chi connectivity index (χ1v) is 8.75. The number of hydrazine groups is 1. The van der Waals surface area contributed by atoms with Crippen molar-refractivity contribution in [2.24, 2.45) is 5.84 Å². The van der Waals surface area contributed by atoms with Crippen LogP contribution in [-0.4, -0.2) is 45.5 Å². The molecule has 0 aliphatic carbocycles. The van der Waals surface area contributed by atoms with Crippen molar-refractivity contribution in [3.8, 4) is 11.4 Å². The highest BCUT2D eigenvalue weighted by atomic mass is 32.2. The Hall–Kier alpha value is -2.55. The van der Waals surface area contributed by atoms with E-state index in [4.69, 9.17) is 10.3 Å². The molecule has 0 saturated heterocycles. The normalized spacial score (nSPS) is 11.3. The molecule has 0 aliphatic rings. The number of nitrogens with zero attached hydrogens (tertiary/aromatic N) is 3. The van der Waals surface area contributed by atoms with E-state index < -0.39 is 0 Å². The van der Waals surface area contributed by atoms with Gasteiger partial charge in [0.15, 0.2) is 0 Å². The van der Waals surface area contributed by atoms with Crippen LogP contribution >= 0.6 is 11.8 Å². The Kier molecular flexibility index (Phi) is 6.62. The number of carbonyl (C=O) groups is 1. The van der Waals surface area contributed by atoms with Crippen LogP contribution in [0.15, 0.2) is 28.9 Å². The van der Waals surface area contributed by atoms with Crippen molar-refractivity contribution >= 4 is 30.0 Å². The zero-order valence-electron chi connectivity index (χ0n) is 13.7. The fraction of sp³-hybridized carbons (Fsp3) is 0.333. The van der Waals surface area contributed by atoms with Crippen LogP contribution in [0.2, 0.25) is 0 Å². The average Bonchev–Trinajstić information content (AvgIpc) is 3.07. The lowest BCUT2D eigenvalue weighted by Gasteiger charge is -2.02. The van der Waals surface area contributed by atoms with E-state index >= 15 is 0 Å². The minimum absolute atomic E-state index is 0.103. The summed E-state index contributed by atoms with van der Waals surface area (Å²) in [6.45, 7) is 2.63. The number of aromatic nitrogens is 2. The van der Waals surface area contributed by atoms with E-state index in [0.717, 1.165) is 18.0 Å². The van der Waals surface area contributed by atoms with Crippen molar-refractivity contribution in [2.45, 2.75) is 13.5 Å². The molecule has 2 rings (SSSR count). The van der Waals surface area contributed by atoms with Crippen molar-refractivity contribution in [1.29, 1.82) is 0 Å². The number of nitrogens with two attached hydrogens (primary N) is 1. The number of pyridine rings is 1. The molecule has 2 aromatic heterocycles. The topological polar surface area (TPSA) is 109 Å². The molecular weight excluding hydrogens is 328 g/mol. The maximum absolute atomic E-state index is 11.0. The van der Waals surface area contributed by atoms with Crippen LogP contribution in [0.25, 0.3) is 11.4 Å². The van der Waals surface area contributed by atoms with E-state index in [9.17, 15) is 4.79 Å². The third-order valence-corrected chi connectivity index (χ3v) is 3.59. The summed E-state index contributed by atoms with van der Waals surface area (Å²) < 4.78 is 6.66. The summed E-state index contributed by atoms with van der Waals surface area (Å²) in [6, 6.07) is 5.76. The quantitative estimate of drug-likeness (QED) is 0.162. The van der Waals surface area contributed by atoms with Crippen LogP contribution in [-0.2, 0) is 11.3 Å². The standard InChI is InChI=1S/C15H20N6O2S/c1-11(22)18-8-12-4-3-5-13(19-12)14-9-23-15(20-14)21(16)10-17-6-7-24-2/h3-5,9-10H,6-8,16H2,1-2H3,(H,18,22)/p+1. The Morgan fingerprint density at radius 1 is 1.42 bits per heavy atom. The summed E-state index contributed by atoms with van der Waals surface area (Å²) in [5.74, 6) is 6.74. The highest BCUT2D eigenvalue weighted by Crippen LogP contribution is 2.19. The molecule has 8 nitrogen and oxygen atoms in total. The number of hydrazone groups is 1. The third-order valence-electron chi connectivity index (χ3n) is 2.98. The van der Waals surface area contributed by atoms with Crippen LogP contribution in [0.3, 0.4) is 0 Å². The average molecular weight is 349 g/mol. The molecule has 0 saturated carbocycles. The monoisotopic (exact) mass is 349 g/mol. The number of rotatable bonds is 8. The van der Waals surface area contributed by atoms with E-state index in [1.807, 2.05) is 24.5 Å². The van der Waals surface area contributed by atoms with Gasteiger partial charge in [-0.3, -0.25) is 10.6 Å². The van der Waals surface area contributed by atoms with Gasteiger partial charge in [-0.1, -0.05) is 11.1 Å². The van der Waals surface area contributed by atoms with Crippen molar-refractivity contribution in [3.63, 3.8) is 0 Å². The second kappa shape index (κ2) is 8.92. The molecule has 0 unspecified atom stereocenters. The summed E-state index contributed by atoms with van der Waals surface area (Å²) in [6.07, 6.45) is 5.14. The Bertz CT molecular complexity index is 715. The van der Waals surface area contributed by atoms with Gasteiger partial charge >= 0.3 is 6.01 Å². The van der Waals surface area contributed by atoms with Crippen LogP contribution in [0.5, 0.6) is 0 Å². The van der Waals surface area contributed by atoms with Crippen LogP contribution in [0.1, 0.15) is 12.6 Å². The fourth-order valence-corrected chi connectivity index (χ4v) is 2.14.